The Labute approximate surface area is 321 Å². The summed E-state index contributed by atoms with van der Waals surface area (Å²) in [5.41, 5.74) is 13.6. The smallest absolute Gasteiger partial charge is 0.139 e. The SMILES string of the molecule is CC.CC(C)(C)c1cc(-c2cccc(-n3c4ccccc4c4ccccc43)c2)cc2c1oc1c(C34CCC(CC3)CC4)cc(C34CCC(CC3)CC4)cc12. The highest BCUT2D eigenvalue weighted by Crippen LogP contribution is 2.57. The Hall–Kier alpha value is -4.30. The lowest BCUT2D eigenvalue weighted by molar-refractivity contribution is 0.131. The third-order valence-corrected chi connectivity index (χ3v) is 14.9. The zero-order valence-corrected chi connectivity index (χ0v) is 33.2. The summed E-state index contributed by atoms with van der Waals surface area (Å²) < 4.78 is 9.77. The molecule has 0 saturated heterocycles. The number of hydrogen-bond donors (Lipinski definition) is 0. The molecule has 13 rings (SSSR count). The van der Waals surface area contributed by atoms with Gasteiger partial charge in [0.15, 0.2) is 0 Å². The molecule has 6 aliphatic rings. The summed E-state index contributed by atoms with van der Waals surface area (Å²) in [4.78, 5) is 0. The number of benzene rings is 5. The Morgan fingerprint density at radius 3 is 1.69 bits per heavy atom. The van der Waals surface area contributed by atoms with Gasteiger partial charge in [0.05, 0.1) is 11.0 Å². The van der Waals surface area contributed by atoms with Crippen LogP contribution in [0.3, 0.4) is 0 Å². The first kappa shape index (κ1) is 34.2. The normalized spacial score (nSPS) is 25.1. The predicted octanol–water partition coefficient (Wildman–Crippen LogP) is 15.1. The van der Waals surface area contributed by atoms with Crippen molar-refractivity contribution in [3.8, 4) is 16.8 Å². The molecule has 276 valence electrons. The van der Waals surface area contributed by atoms with E-state index in [2.05, 4.69) is 122 Å². The fraction of sp³-hybridized carbons (Fsp3) is 0.423. The van der Waals surface area contributed by atoms with Crippen LogP contribution in [0.5, 0.6) is 0 Å². The van der Waals surface area contributed by atoms with Crippen LogP contribution in [0.15, 0.2) is 101 Å². The fourth-order valence-corrected chi connectivity index (χ4v) is 11.8. The van der Waals surface area contributed by atoms with Crippen molar-refractivity contribution >= 4 is 43.7 Å². The standard InChI is InChI=1S/C50H51NO.C2H6/c1-48(2,3)42-29-35(34-9-8-10-37(27-34)51-44-13-6-4-11-38(44)39-12-5-7-14-45(39)51)28-40-41-30-36(49-21-15-32(16-22-49)17-23-49)31-43(47(41)52-46(40)42)50-24-18-33(19-25-50)20-26-50;1-2/h4-14,27-33H,15-26H2,1-3H3;1-2H3. The molecule has 7 aromatic rings. The van der Waals surface area contributed by atoms with Gasteiger partial charge < -0.3 is 8.98 Å². The van der Waals surface area contributed by atoms with Crippen LogP contribution in [0.1, 0.15) is 128 Å². The van der Waals surface area contributed by atoms with Crippen molar-refractivity contribution in [2.45, 2.75) is 128 Å². The van der Waals surface area contributed by atoms with Gasteiger partial charge in [-0.1, -0.05) is 89.2 Å². The van der Waals surface area contributed by atoms with Gasteiger partial charge in [-0.05, 0) is 164 Å². The van der Waals surface area contributed by atoms with Crippen LogP contribution in [0, 0.1) is 11.8 Å². The summed E-state index contributed by atoms with van der Waals surface area (Å²) in [6.07, 6.45) is 16.5. The summed E-state index contributed by atoms with van der Waals surface area (Å²) >= 11 is 0. The van der Waals surface area contributed by atoms with Gasteiger partial charge >= 0.3 is 0 Å². The second-order valence-corrected chi connectivity index (χ2v) is 18.6. The predicted molar refractivity (Wildman–Crippen MR) is 229 cm³/mol. The van der Waals surface area contributed by atoms with E-state index in [9.17, 15) is 0 Å². The molecule has 2 heteroatoms. The average molecular weight is 712 g/mol. The summed E-state index contributed by atoms with van der Waals surface area (Å²) in [5.74, 6) is 1.90. The van der Waals surface area contributed by atoms with E-state index in [1.165, 1.54) is 138 Å². The summed E-state index contributed by atoms with van der Waals surface area (Å²) in [7, 11) is 0. The number of nitrogens with zero attached hydrogens (tertiary/aromatic N) is 1. The number of furan rings is 1. The van der Waals surface area contributed by atoms with Gasteiger partial charge in [-0.25, -0.2) is 0 Å². The van der Waals surface area contributed by atoms with Gasteiger partial charge in [0.25, 0.3) is 0 Å². The molecule has 0 atom stereocenters. The third-order valence-electron chi connectivity index (χ3n) is 14.9. The first-order valence-corrected chi connectivity index (χ1v) is 21.4. The minimum absolute atomic E-state index is 0.0722. The van der Waals surface area contributed by atoms with E-state index in [0.717, 1.165) is 17.4 Å². The van der Waals surface area contributed by atoms with Crippen molar-refractivity contribution in [2.75, 3.05) is 0 Å². The third kappa shape index (κ3) is 5.18. The summed E-state index contributed by atoms with van der Waals surface area (Å²) in [6.45, 7) is 11.1. The van der Waals surface area contributed by atoms with Crippen molar-refractivity contribution < 1.29 is 4.42 Å². The summed E-state index contributed by atoms with van der Waals surface area (Å²) in [6, 6.07) is 37.2. The highest BCUT2D eigenvalue weighted by atomic mass is 16.3. The van der Waals surface area contributed by atoms with E-state index in [1.54, 1.807) is 11.1 Å². The minimum atomic E-state index is -0.0722. The first-order valence-electron chi connectivity index (χ1n) is 21.4. The Kier molecular flexibility index (Phi) is 8.00. The Morgan fingerprint density at radius 2 is 1.09 bits per heavy atom. The second-order valence-electron chi connectivity index (χ2n) is 18.6. The molecular weight excluding hydrogens is 655 g/mol. The molecule has 6 aliphatic carbocycles. The number of para-hydroxylation sites is 2. The molecule has 6 fully saturated rings. The van der Waals surface area contributed by atoms with Gasteiger partial charge in [-0.3, -0.25) is 0 Å². The van der Waals surface area contributed by atoms with Gasteiger partial charge in [-0.15, -0.1) is 0 Å². The summed E-state index contributed by atoms with van der Waals surface area (Å²) in [5, 5.41) is 5.28. The van der Waals surface area contributed by atoms with Crippen molar-refractivity contribution in [1.82, 2.24) is 4.57 Å². The van der Waals surface area contributed by atoms with Crippen molar-refractivity contribution in [3.63, 3.8) is 0 Å². The lowest BCUT2D eigenvalue weighted by Crippen LogP contribution is -2.40. The number of aromatic nitrogens is 1. The molecule has 54 heavy (non-hydrogen) atoms. The highest BCUT2D eigenvalue weighted by Gasteiger charge is 2.46. The van der Waals surface area contributed by atoms with Gasteiger partial charge in [-0.2, -0.15) is 0 Å². The van der Waals surface area contributed by atoms with Crippen LogP contribution in [0.2, 0.25) is 0 Å². The highest BCUT2D eigenvalue weighted by molar-refractivity contribution is 6.10. The molecule has 0 radical (unpaired) electrons. The molecule has 0 unspecified atom stereocenters. The molecule has 5 aromatic carbocycles. The van der Waals surface area contributed by atoms with Gasteiger partial charge in [0, 0.05) is 38.4 Å². The maximum absolute atomic E-state index is 7.32. The van der Waals surface area contributed by atoms with Crippen LogP contribution >= 0.6 is 0 Å². The van der Waals surface area contributed by atoms with Crippen molar-refractivity contribution in [1.29, 1.82) is 0 Å². The van der Waals surface area contributed by atoms with Crippen LogP contribution in [-0.2, 0) is 16.2 Å². The largest absolute Gasteiger partial charge is 0.455 e. The van der Waals surface area contributed by atoms with Crippen LogP contribution in [0.25, 0.3) is 60.6 Å². The quantitative estimate of drug-likeness (QED) is 0.178. The Balaban J connectivity index is 0.00000178. The van der Waals surface area contributed by atoms with Crippen LogP contribution in [-0.4, -0.2) is 4.57 Å². The van der Waals surface area contributed by atoms with E-state index in [0.29, 0.717) is 5.41 Å². The second kappa shape index (κ2) is 12.6. The van der Waals surface area contributed by atoms with Gasteiger partial charge in [0.1, 0.15) is 11.2 Å². The van der Waals surface area contributed by atoms with Gasteiger partial charge in [0.2, 0.25) is 0 Å². The topological polar surface area (TPSA) is 18.1 Å². The van der Waals surface area contributed by atoms with Crippen LogP contribution in [0.4, 0.5) is 0 Å². The maximum atomic E-state index is 7.32. The van der Waals surface area contributed by atoms with Crippen molar-refractivity contribution in [3.05, 3.63) is 114 Å². The number of rotatable bonds is 4. The van der Waals surface area contributed by atoms with Crippen LogP contribution < -0.4 is 0 Å². The molecule has 6 saturated carbocycles. The Morgan fingerprint density at radius 1 is 0.537 bits per heavy atom. The van der Waals surface area contributed by atoms with Crippen molar-refractivity contribution in [2.24, 2.45) is 11.8 Å². The minimum Gasteiger partial charge on any atom is -0.455 e. The number of fused-ring (bicyclic) bond motifs is 12. The monoisotopic (exact) mass is 711 g/mol. The van der Waals surface area contributed by atoms with E-state index < -0.39 is 0 Å². The fourth-order valence-electron chi connectivity index (χ4n) is 11.8. The first-order chi connectivity index (χ1) is 26.3. The van der Waals surface area contributed by atoms with E-state index >= 15 is 0 Å². The molecule has 2 aromatic heterocycles. The lowest BCUT2D eigenvalue weighted by atomic mass is 9.55. The average Bonchev–Trinajstić information content (AvgIpc) is 3.78. The molecule has 0 spiro atoms. The van der Waals surface area contributed by atoms with E-state index in [-0.39, 0.29) is 10.8 Å². The van der Waals surface area contributed by atoms with E-state index in [4.69, 9.17) is 4.42 Å². The molecule has 2 heterocycles. The molecule has 0 amide bonds. The molecular formula is C52H57NO. The molecule has 4 bridgehead atoms. The lowest BCUT2D eigenvalue weighted by Gasteiger charge is -2.49. The van der Waals surface area contributed by atoms with E-state index in [1.807, 2.05) is 13.8 Å². The zero-order valence-electron chi connectivity index (χ0n) is 33.2. The zero-order chi connectivity index (χ0) is 36.8. The molecule has 0 N–H and O–H groups in total. The maximum Gasteiger partial charge on any atom is 0.139 e. The number of hydrogen-bond acceptors (Lipinski definition) is 1. The molecule has 2 nitrogen and oxygen atoms in total. The molecule has 0 aliphatic heterocycles. The Bertz CT molecular complexity index is 2450.